The molecule has 2 aromatic heterocycles. The van der Waals surface area contributed by atoms with Gasteiger partial charge >= 0.3 is 29.6 Å². The molecule has 1 aliphatic rings. The molecule has 5 aromatic rings. The zero-order valence-electron chi connectivity index (χ0n) is 23.7. The summed E-state index contributed by atoms with van der Waals surface area (Å²) in [5.41, 5.74) is 8.81. The van der Waals surface area contributed by atoms with Gasteiger partial charge in [0.1, 0.15) is 29.6 Å². The first-order chi connectivity index (χ1) is 21.1. The Morgan fingerprint density at radius 3 is 2.36 bits per heavy atom. The van der Waals surface area contributed by atoms with E-state index in [9.17, 15) is 28.5 Å². The van der Waals surface area contributed by atoms with E-state index < -0.39 is 53.1 Å². The summed E-state index contributed by atoms with van der Waals surface area (Å²) in [6.07, 6.45) is -4.46. The fourth-order valence-corrected chi connectivity index (χ4v) is 5.53. The second-order valence-corrected chi connectivity index (χ2v) is 11.1. The number of nitrogen functional groups attached to an aromatic ring is 1. The van der Waals surface area contributed by atoms with Crippen LogP contribution in [0.3, 0.4) is 0 Å². The molecule has 5 N–H and O–H groups in total. The second kappa shape index (κ2) is 13.2. The molecule has 6 rings (SSSR count). The average molecular weight is 641 g/mol. The number of rotatable bonds is 8. The molecule has 0 spiro atoms. The van der Waals surface area contributed by atoms with Gasteiger partial charge in [0.15, 0.2) is 23.5 Å². The van der Waals surface area contributed by atoms with Gasteiger partial charge in [-0.05, 0) is 23.3 Å². The van der Waals surface area contributed by atoms with Gasteiger partial charge in [-0.25, -0.2) is 23.4 Å². The largest absolute Gasteiger partial charge is 1.00 e. The van der Waals surface area contributed by atoms with Gasteiger partial charge < -0.3 is 35.3 Å². The minimum Gasteiger partial charge on any atom is -0.518 e. The molecule has 226 valence electrons. The molecule has 3 heterocycles. The Balaban J connectivity index is 0.00000400. The smallest absolute Gasteiger partial charge is 0.518 e. The first-order valence-corrected chi connectivity index (χ1v) is 14.6. The Hall–Kier alpha value is -3.93. The standard InChI is InChI=1S/C29H26N6O8S.Na/c30-25-22-27(33-26(32-25)18-11-5-4-10-17(18)16-8-2-1-3-9-16)35(15-31-22)29-24(38)23(37)21(43-29)14-42-44(40,41)34-28(39)19-12-6-7-13-20(19)36;/h1-13,15,21,23-24,29,37-38H,14H2,(H4,30,32,33,34,36,39);/q;+1/p-1/t21-,23-,24-,29-;/m1./s1. The number of aromatic hydroxyl groups is 1. The van der Waals surface area contributed by atoms with Gasteiger partial charge in [0.05, 0.1) is 18.8 Å². The zero-order chi connectivity index (χ0) is 31.0. The van der Waals surface area contributed by atoms with Crippen molar-refractivity contribution in [3.05, 3.63) is 95.5 Å². The number of nitrogens with zero attached hydrogens (tertiary/aromatic N) is 5. The number of anilines is 1. The third-order valence-electron chi connectivity index (χ3n) is 7.02. The van der Waals surface area contributed by atoms with Crippen molar-refractivity contribution in [3.63, 3.8) is 0 Å². The molecule has 0 aliphatic carbocycles. The number of aliphatic hydroxyl groups is 2. The maximum atomic E-state index is 12.4. The van der Waals surface area contributed by atoms with Crippen LogP contribution in [0.2, 0.25) is 0 Å². The Bertz CT molecular complexity index is 1960. The molecular formula is C29H25N6NaO8S. The summed E-state index contributed by atoms with van der Waals surface area (Å²) in [7, 11) is -4.81. The summed E-state index contributed by atoms with van der Waals surface area (Å²) in [4.78, 5) is 25.6. The van der Waals surface area contributed by atoms with Crippen LogP contribution in [0, 0.1) is 0 Å². The summed E-state index contributed by atoms with van der Waals surface area (Å²) >= 11 is 0. The molecule has 0 saturated carbocycles. The number of amides is 1. The molecule has 0 bridgehead atoms. The van der Waals surface area contributed by atoms with Crippen LogP contribution in [0.1, 0.15) is 16.6 Å². The van der Waals surface area contributed by atoms with E-state index >= 15 is 0 Å². The van der Waals surface area contributed by atoms with E-state index in [1.165, 1.54) is 35.2 Å². The molecule has 0 radical (unpaired) electrons. The van der Waals surface area contributed by atoms with E-state index in [-0.39, 0.29) is 57.9 Å². The molecule has 4 atom stereocenters. The zero-order valence-corrected chi connectivity index (χ0v) is 26.5. The number of aliphatic hydroxyl groups excluding tert-OH is 2. The molecule has 16 heteroatoms. The second-order valence-electron chi connectivity index (χ2n) is 9.84. The van der Waals surface area contributed by atoms with Crippen molar-refractivity contribution in [1.29, 1.82) is 0 Å². The van der Waals surface area contributed by atoms with Crippen molar-refractivity contribution in [1.82, 2.24) is 19.5 Å². The van der Waals surface area contributed by atoms with Crippen LogP contribution in [0.15, 0.2) is 85.2 Å². The SMILES string of the molecule is Nc1nc(-c2ccccc2-c2ccccc2)nc2c1ncn2[C@@H]1O[C@H](COS(=O)(=O)[N-]C(=O)c2ccccc2O)[C@@H](O)[C@H]1O.[Na+]. The molecular weight excluding hydrogens is 615 g/mol. The monoisotopic (exact) mass is 640 g/mol. The number of fused-ring (bicyclic) bond motifs is 1. The Labute approximate surface area is 279 Å². The predicted octanol–water partition coefficient (Wildman–Crippen LogP) is -0.453. The number of aromatic nitrogens is 4. The van der Waals surface area contributed by atoms with E-state index in [0.717, 1.165) is 11.1 Å². The van der Waals surface area contributed by atoms with Gasteiger partial charge in [0.2, 0.25) is 10.3 Å². The maximum absolute atomic E-state index is 12.4. The fourth-order valence-electron chi connectivity index (χ4n) is 4.87. The number of carbonyl (C=O) groups is 1. The van der Waals surface area contributed by atoms with Gasteiger partial charge in [-0.15, -0.1) is 0 Å². The minimum atomic E-state index is -4.81. The van der Waals surface area contributed by atoms with Crippen LogP contribution < -0.4 is 35.3 Å². The molecule has 3 aromatic carbocycles. The van der Waals surface area contributed by atoms with Crippen LogP contribution in [0.5, 0.6) is 5.75 Å². The summed E-state index contributed by atoms with van der Waals surface area (Å²) in [5, 5.41) is 31.3. The topological polar surface area (TPSA) is 214 Å². The number of benzene rings is 3. The van der Waals surface area contributed by atoms with E-state index in [1.54, 1.807) is 0 Å². The Morgan fingerprint density at radius 1 is 0.956 bits per heavy atom. The number of phenolic OH excluding ortho intramolecular Hbond substituents is 1. The van der Waals surface area contributed by atoms with E-state index in [4.69, 9.17) is 14.7 Å². The Kier molecular flexibility index (Phi) is 9.52. The van der Waals surface area contributed by atoms with E-state index in [1.807, 2.05) is 54.6 Å². The van der Waals surface area contributed by atoms with Crippen molar-refractivity contribution >= 4 is 33.2 Å². The number of nitrogens with two attached hydrogens (primary N) is 1. The number of para-hydroxylation sites is 1. The van der Waals surface area contributed by atoms with Crippen LogP contribution >= 0.6 is 0 Å². The van der Waals surface area contributed by atoms with Crippen LogP contribution in [-0.2, 0) is 19.2 Å². The third kappa shape index (κ3) is 6.56. The number of ether oxygens (including phenoxy) is 1. The summed E-state index contributed by atoms with van der Waals surface area (Å²) < 4.78 is 39.7. The summed E-state index contributed by atoms with van der Waals surface area (Å²) in [6, 6.07) is 22.4. The number of phenols is 1. The number of imidazole rings is 1. The van der Waals surface area contributed by atoms with Gasteiger partial charge in [-0.2, -0.15) is 0 Å². The molecule has 1 saturated heterocycles. The van der Waals surface area contributed by atoms with E-state index in [0.29, 0.717) is 5.56 Å². The van der Waals surface area contributed by atoms with E-state index in [2.05, 4.69) is 19.7 Å². The number of carbonyl (C=O) groups excluding carboxylic acids is 1. The van der Waals surface area contributed by atoms with Gasteiger partial charge in [-0.3, -0.25) is 8.75 Å². The first-order valence-electron chi connectivity index (χ1n) is 13.2. The molecule has 1 amide bonds. The number of hydrogen-bond donors (Lipinski definition) is 4. The van der Waals surface area contributed by atoms with Crippen molar-refractivity contribution in [3.8, 4) is 28.3 Å². The summed E-state index contributed by atoms with van der Waals surface area (Å²) in [5.74, 6) is -1.35. The van der Waals surface area contributed by atoms with Crippen LogP contribution in [-0.4, -0.2) is 74.1 Å². The van der Waals surface area contributed by atoms with Crippen molar-refractivity contribution in [2.75, 3.05) is 12.3 Å². The van der Waals surface area contributed by atoms with Gasteiger partial charge in [-0.1, -0.05) is 66.7 Å². The average Bonchev–Trinajstić information content (AvgIpc) is 3.57. The van der Waals surface area contributed by atoms with Gasteiger partial charge in [0, 0.05) is 11.1 Å². The molecule has 1 fully saturated rings. The fraction of sp³-hybridized carbons (Fsp3) is 0.172. The van der Waals surface area contributed by atoms with Crippen molar-refractivity contribution in [2.24, 2.45) is 0 Å². The van der Waals surface area contributed by atoms with Crippen LogP contribution in [0.4, 0.5) is 5.82 Å². The third-order valence-corrected chi connectivity index (χ3v) is 7.85. The summed E-state index contributed by atoms with van der Waals surface area (Å²) in [6.45, 7) is -0.784. The normalized spacial score (nSPS) is 19.7. The van der Waals surface area contributed by atoms with Gasteiger partial charge in [0.25, 0.3) is 0 Å². The maximum Gasteiger partial charge on any atom is 1.00 e. The predicted molar refractivity (Wildman–Crippen MR) is 157 cm³/mol. The first kappa shape index (κ1) is 32.5. The van der Waals surface area contributed by atoms with Crippen molar-refractivity contribution in [2.45, 2.75) is 24.5 Å². The molecule has 14 nitrogen and oxygen atoms in total. The molecule has 0 unspecified atom stereocenters. The molecule has 1 aliphatic heterocycles. The van der Waals surface area contributed by atoms with Crippen LogP contribution in [0.25, 0.3) is 38.4 Å². The Morgan fingerprint density at radius 2 is 1.62 bits per heavy atom. The molecule has 45 heavy (non-hydrogen) atoms. The minimum absolute atomic E-state index is 0. The number of hydrogen-bond acceptors (Lipinski definition) is 12. The van der Waals surface area contributed by atoms with Crippen molar-refractivity contribution < 1.29 is 67.0 Å². The quantitative estimate of drug-likeness (QED) is 0.159.